The van der Waals surface area contributed by atoms with E-state index in [0.29, 0.717) is 35.3 Å². The smallest absolute Gasteiger partial charge is 0.293 e. The van der Waals surface area contributed by atoms with Crippen LogP contribution in [0.25, 0.3) is 5.82 Å². The van der Waals surface area contributed by atoms with E-state index in [1.54, 1.807) is 24.3 Å². The lowest BCUT2D eigenvalue weighted by Crippen LogP contribution is -2.38. The number of halogens is 2. The van der Waals surface area contributed by atoms with E-state index in [4.69, 9.17) is 31.4 Å². The Hall–Kier alpha value is -4.56. The van der Waals surface area contributed by atoms with Crippen molar-refractivity contribution in [2.45, 2.75) is 45.4 Å². The zero-order valence-corrected chi connectivity index (χ0v) is 23.7. The molecule has 42 heavy (non-hydrogen) atoms. The van der Waals surface area contributed by atoms with E-state index < -0.39 is 11.7 Å². The van der Waals surface area contributed by atoms with E-state index in [1.165, 1.54) is 30.1 Å². The number of likely N-dealkylation sites (tertiary alicyclic amines) is 1. The highest BCUT2D eigenvalue weighted by Crippen LogP contribution is 2.30. The first-order chi connectivity index (χ1) is 20.4. The summed E-state index contributed by atoms with van der Waals surface area (Å²) in [5.74, 6) is -0.0885. The highest BCUT2D eigenvalue weighted by Gasteiger charge is 2.28. The molecule has 1 saturated heterocycles. The van der Waals surface area contributed by atoms with Gasteiger partial charge in [0.25, 0.3) is 5.91 Å². The maximum absolute atomic E-state index is 14.1. The molecule has 0 saturated carbocycles. The lowest BCUT2D eigenvalue weighted by molar-refractivity contribution is 0.0945. The first-order valence-corrected chi connectivity index (χ1v) is 13.6. The zero-order valence-electron chi connectivity index (χ0n) is 23.0. The Labute approximate surface area is 245 Å². The van der Waals surface area contributed by atoms with Crippen molar-refractivity contribution in [1.82, 2.24) is 35.6 Å². The average molecular weight is 598 g/mol. The number of hydrogen-bond acceptors (Lipinski definition) is 11. The number of nitrogen functional groups attached to an aromatic ring is 1. The molecule has 3 N–H and O–H groups in total. The summed E-state index contributed by atoms with van der Waals surface area (Å²) in [4.78, 5) is 15.4. The molecular formula is C27H29ClFN9O4. The standard InChI is InChI=1S/C27H29ClFN9O4/c1-16-6-3-4-11-37(16)14-21-24(32-36-38(21)26-25(30)34-42-35-26)27(39)33-31-13-17-9-10-22(23(12-17)40-2)41-15-18-19(28)7-5-8-20(18)29/h5,7-10,12-13,16H,3-4,6,11,14-15H2,1-2H3,(H2,30,34)(H,33,39)/b31-13+/t16-/m0/s1. The third-order valence-electron chi connectivity index (χ3n) is 6.97. The SMILES string of the molecule is COc1cc(/C=N/NC(=O)c2nnn(-c3nonc3N)c2CN2CCCC[C@@H]2C)ccc1OCc1c(F)cccc1Cl. The number of aromatic nitrogens is 5. The Bertz CT molecular complexity index is 1570. The van der Waals surface area contributed by atoms with E-state index in [-0.39, 0.29) is 34.5 Å². The number of nitrogens with zero attached hydrogens (tertiary/aromatic N) is 7. The zero-order chi connectivity index (χ0) is 29.6. The van der Waals surface area contributed by atoms with Crippen LogP contribution in [0.15, 0.2) is 46.1 Å². The summed E-state index contributed by atoms with van der Waals surface area (Å²) in [6.45, 7) is 3.32. The van der Waals surface area contributed by atoms with Crippen LogP contribution in [-0.2, 0) is 13.2 Å². The van der Waals surface area contributed by atoms with Gasteiger partial charge in [0.05, 0.1) is 24.0 Å². The molecule has 220 valence electrons. The number of methoxy groups -OCH3 is 1. The quantitative estimate of drug-likeness (QED) is 0.204. The van der Waals surface area contributed by atoms with Crippen LogP contribution < -0.4 is 20.6 Å². The molecular weight excluding hydrogens is 569 g/mol. The number of amides is 1. The van der Waals surface area contributed by atoms with Crippen LogP contribution in [0.3, 0.4) is 0 Å². The maximum Gasteiger partial charge on any atom is 0.293 e. The minimum Gasteiger partial charge on any atom is -0.493 e. The normalized spacial score (nSPS) is 15.7. The lowest BCUT2D eigenvalue weighted by atomic mass is 10.0. The summed E-state index contributed by atoms with van der Waals surface area (Å²) in [5.41, 5.74) is 9.79. The molecule has 0 bridgehead atoms. The van der Waals surface area contributed by atoms with Gasteiger partial charge in [0.15, 0.2) is 17.2 Å². The van der Waals surface area contributed by atoms with Crippen molar-refractivity contribution in [1.29, 1.82) is 0 Å². The molecule has 15 heteroatoms. The Morgan fingerprint density at radius 2 is 2.14 bits per heavy atom. The number of carbonyl (C=O) groups excluding carboxylic acids is 1. The number of ether oxygens (including phenoxy) is 2. The summed E-state index contributed by atoms with van der Waals surface area (Å²) in [7, 11) is 1.48. The molecule has 3 heterocycles. The van der Waals surface area contributed by atoms with Gasteiger partial charge in [0.1, 0.15) is 12.4 Å². The molecule has 1 aliphatic rings. The van der Waals surface area contributed by atoms with Gasteiger partial charge in [-0.15, -0.1) is 5.10 Å². The fourth-order valence-corrected chi connectivity index (χ4v) is 4.85. The first-order valence-electron chi connectivity index (χ1n) is 13.2. The van der Waals surface area contributed by atoms with E-state index in [2.05, 4.69) is 43.0 Å². The number of rotatable bonds is 10. The predicted molar refractivity (Wildman–Crippen MR) is 151 cm³/mol. The number of hydrazone groups is 1. The summed E-state index contributed by atoms with van der Waals surface area (Å²) in [6.07, 6.45) is 4.68. The Morgan fingerprint density at radius 3 is 2.88 bits per heavy atom. The number of anilines is 1. The third-order valence-corrected chi connectivity index (χ3v) is 7.32. The molecule has 2 aromatic carbocycles. The van der Waals surface area contributed by atoms with Crippen LogP contribution in [0, 0.1) is 5.82 Å². The van der Waals surface area contributed by atoms with Crippen LogP contribution in [0.2, 0.25) is 5.02 Å². The number of benzene rings is 2. The molecule has 0 aliphatic carbocycles. The second-order valence-electron chi connectivity index (χ2n) is 9.68. The van der Waals surface area contributed by atoms with E-state index in [9.17, 15) is 9.18 Å². The Morgan fingerprint density at radius 1 is 1.29 bits per heavy atom. The Balaban J connectivity index is 1.30. The number of piperidine rings is 1. The van der Waals surface area contributed by atoms with E-state index in [0.717, 1.165) is 25.8 Å². The van der Waals surface area contributed by atoms with Crippen molar-refractivity contribution >= 4 is 29.5 Å². The summed E-state index contributed by atoms with van der Waals surface area (Å²) in [6, 6.07) is 9.76. The van der Waals surface area contributed by atoms with Gasteiger partial charge in [-0.2, -0.15) is 9.78 Å². The largest absolute Gasteiger partial charge is 0.493 e. The van der Waals surface area contributed by atoms with Crippen LogP contribution in [-0.4, -0.2) is 62.0 Å². The summed E-state index contributed by atoms with van der Waals surface area (Å²) < 4.78 is 31.4. The molecule has 4 aromatic rings. The minimum atomic E-state index is -0.569. The highest BCUT2D eigenvalue weighted by atomic mass is 35.5. The van der Waals surface area contributed by atoms with Crippen molar-refractivity contribution in [3.05, 3.63) is 69.8 Å². The fraction of sp³-hybridized carbons (Fsp3) is 0.333. The van der Waals surface area contributed by atoms with Gasteiger partial charge in [-0.3, -0.25) is 9.69 Å². The Kier molecular flexibility index (Phi) is 8.93. The third kappa shape index (κ3) is 6.34. The van der Waals surface area contributed by atoms with Gasteiger partial charge < -0.3 is 15.2 Å². The first kappa shape index (κ1) is 29.0. The van der Waals surface area contributed by atoms with Gasteiger partial charge >= 0.3 is 0 Å². The van der Waals surface area contributed by atoms with Crippen LogP contribution in [0.4, 0.5) is 10.2 Å². The van der Waals surface area contributed by atoms with Gasteiger partial charge in [-0.1, -0.05) is 29.3 Å². The average Bonchev–Trinajstić information content (AvgIpc) is 3.59. The molecule has 0 spiro atoms. The van der Waals surface area contributed by atoms with Gasteiger partial charge in [0.2, 0.25) is 11.6 Å². The molecule has 1 fully saturated rings. The molecule has 5 rings (SSSR count). The number of carbonyl (C=O) groups is 1. The number of nitrogens with one attached hydrogen (secondary N) is 1. The van der Waals surface area contributed by atoms with E-state index >= 15 is 0 Å². The predicted octanol–water partition coefficient (Wildman–Crippen LogP) is 3.75. The molecule has 2 aromatic heterocycles. The molecule has 0 radical (unpaired) electrons. The molecule has 0 unspecified atom stereocenters. The molecule has 13 nitrogen and oxygen atoms in total. The van der Waals surface area contributed by atoms with Gasteiger partial charge in [-0.25, -0.2) is 14.4 Å². The second kappa shape index (κ2) is 13.0. The second-order valence-corrected chi connectivity index (χ2v) is 10.1. The van der Waals surface area contributed by atoms with Crippen molar-refractivity contribution in [3.63, 3.8) is 0 Å². The summed E-state index contributed by atoms with van der Waals surface area (Å²) >= 11 is 6.09. The number of hydrogen-bond donors (Lipinski definition) is 2. The van der Waals surface area contributed by atoms with Crippen molar-refractivity contribution in [2.75, 3.05) is 19.4 Å². The fourth-order valence-electron chi connectivity index (χ4n) is 4.63. The van der Waals surface area contributed by atoms with Crippen molar-refractivity contribution in [2.24, 2.45) is 5.10 Å². The van der Waals surface area contributed by atoms with Gasteiger partial charge in [0, 0.05) is 18.2 Å². The van der Waals surface area contributed by atoms with Crippen LogP contribution in [0.1, 0.15) is 53.5 Å². The van der Waals surface area contributed by atoms with E-state index in [1.807, 2.05) is 0 Å². The lowest BCUT2D eigenvalue weighted by Gasteiger charge is -2.33. The van der Waals surface area contributed by atoms with Crippen molar-refractivity contribution in [3.8, 4) is 17.3 Å². The highest BCUT2D eigenvalue weighted by molar-refractivity contribution is 6.31. The van der Waals surface area contributed by atoms with Crippen LogP contribution >= 0.6 is 11.6 Å². The molecule has 1 amide bonds. The molecule has 1 atom stereocenters. The maximum atomic E-state index is 14.1. The number of nitrogens with two attached hydrogens (primary N) is 1. The van der Waals surface area contributed by atoms with Crippen molar-refractivity contribution < 1.29 is 23.3 Å². The summed E-state index contributed by atoms with van der Waals surface area (Å²) in [5, 5.41) is 20.0. The van der Waals surface area contributed by atoms with Crippen LogP contribution in [0.5, 0.6) is 11.5 Å². The van der Waals surface area contributed by atoms with Gasteiger partial charge in [-0.05, 0) is 72.5 Å². The molecule has 1 aliphatic heterocycles. The topological polar surface area (TPSA) is 159 Å². The minimum absolute atomic E-state index is 0.0243. The monoisotopic (exact) mass is 597 g/mol.